The van der Waals surface area contributed by atoms with E-state index in [9.17, 15) is 4.79 Å². The minimum absolute atomic E-state index is 0.0337. The summed E-state index contributed by atoms with van der Waals surface area (Å²) in [5, 5.41) is 3.58. The molecule has 1 aliphatic heterocycles. The molecule has 1 aliphatic rings. The van der Waals surface area contributed by atoms with Gasteiger partial charge in [0.2, 0.25) is 0 Å². The third-order valence-electron chi connectivity index (χ3n) is 3.30. The lowest BCUT2D eigenvalue weighted by Crippen LogP contribution is -3.14. The number of hydrogen-bond acceptors (Lipinski definition) is 2. The van der Waals surface area contributed by atoms with E-state index in [1.807, 2.05) is 0 Å². The number of quaternary nitrogens is 1. The van der Waals surface area contributed by atoms with Gasteiger partial charge in [0, 0.05) is 23.6 Å². The summed E-state index contributed by atoms with van der Waals surface area (Å²) in [7, 11) is 0. The first-order valence-corrected chi connectivity index (χ1v) is 7.08. The Balaban J connectivity index is 1.64. The molecule has 1 heterocycles. The van der Waals surface area contributed by atoms with Crippen LogP contribution in [0.4, 0.5) is 0 Å². The van der Waals surface area contributed by atoms with Crippen molar-refractivity contribution in [3.63, 3.8) is 0 Å². The largest absolute Gasteiger partial charge is 0.370 e. The number of morpholine rings is 1. The number of ether oxygens (including phenoxy) is 1. The van der Waals surface area contributed by atoms with Crippen LogP contribution in [0.2, 0.25) is 5.02 Å². The standard InChI is InChI=1S/C14H19ClN2O2/c15-13-4-2-12(3-5-13)14(18)16-6-1-7-17-8-10-19-11-9-17/h2-5H,1,6-11H2,(H,16,18)/p+1. The minimum Gasteiger partial charge on any atom is -0.370 e. The molecule has 0 saturated carbocycles. The van der Waals surface area contributed by atoms with Crippen molar-refractivity contribution in [1.29, 1.82) is 0 Å². The highest BCUT2D eigenvalue weighted by Gasteiger charge is 2.13. The first-order valence-electron chi connectivity index (χ1n) is 6.71. The van der Waals surface area contributed by atoms with Gasteiger partial charge in [-0.3, -0.25) is 4.79 Å². The van der Waals surface area contributed by atoms with Crippen LogP contribution in [0.1, 0.15) is 16.8 Å². The summed E-state index contributed by atoms with van der Waals surface area (Å²) >= 11 is 5.78. The zero-order valence-electron chi connectivity index (χ0n) is 11.0. The fourth-order valence-corrected chi connectivity index (χ4v) is 2.28. The summed E-state index contributed by atoms with van der Waals surface area (Å²) in [5.74, 6) is -0.0337. The monoisotopic (exact) mass is 283 g/mol. The minimum atomic E-state index is -0.0337. The molecule has 19 heavy (non-hydrogen) atoms. The normalized spacial score (nSPS) is 16.3. The second-order valence-electron chi connectivity index (χ2n) is 4.73. The molecular weight excluding hydrogens is 264 g/mol. The van der Waals surface area contributed by atoms with Crippen LogP contribution in [-0.4, -0.2) is 45.3 Å². The average molecular weight is 284 g/mol. The van der Waals surface area contributed by atoms with Crippen LogP contribution in [-0.2, 0) is 4.74 Å². The van der Waals surface area contributed by atoms with Crippen molar-refractivity contribution in [2.24, 2.45) is 0 Å². The van der Waals surface area contributed by atoms with Gasteiger partial charge < -0.3 is 15.0 Å². The molecule has 0 spiro atoms. The Labute approximate surface area is 118 Å². The van der Waals surface area contributed by atoms with E-state index < -0.39 is 0 Å². The maximum absolute atomic E-state index is 11.8. The number of rotatable bonds is 5. The second kappa shape index (κ2) is 7.48. The number of benzene rings is 1. The third kappa shape index (κ3) is 4.82. The van der Waals surface area contributed by atoms with Crippen LogP contribution in [0, 0.1) is 0 Å². The van der Waals surface area contributed by atoms with Gasteiger partial charge in [0.25, 0.3) is 5.91 Å². The maximum atomic E-state index is 11.8. The second-order valence-corrected chi connectivity index (χ2v) is 5.17. The van der Waals surface area contributed by atoms with Crippen molar-refractivity contribution in [2.75, 3.05) is 39.4 Å². The fraction of sp³-hybridized carbons (Fsp3) is 0.500. The molecule has 0 aliphatic carbocycles. The van der Waals surface area contributed by atoms with E-state index in [1.165, 1.54) is 0 Å². The van der Waals surface area contributed by atoms with Crippen LogP contribution >= 0.6 is 11.6 Å². The van der Waals surface area contributed by atoms with Crippen LogP contribution < -0.4 is 10.2 Å². The molecule has 2 rings (SSSR count). The van der Waals surface area contributed by atoms with Gasteiger partial charge >= 0.3 is 0 Å². The Morgan fingerprint density at radius 3 is 2.63 bits per heavy atom. The first-order chi connectivity index (χ1) is 9.25. The molecule has 1 amide bonds. The van der Waals surface area contributed by atoms with Gasteiger partial charge in [0.1, 0.15) is 13.1 Å². The predicted molar refractivity (Wildman–Crippen MR) is 74.8 cm³/mol. The van der Waals surface area contributed by atoms with Crippen molar-refractivity contribution in [2.45, 2.75) is 6.42 Å². The van der Waals surface area contributed by atoms with Crippen LogP contribution in [0.15, 0.2) is 24.3 Å². The molecule has 0 atom stereocenters. The van der Waals surface area contributed by atoms with E-state index in [1.54, 1.807) is 29.2 Å². The van der Waals surface area contributed by atoms with E-state index in [0.717, 1.165) is 39.3 Å². The van der Waals surface area contributed by atoms with Gasteiger partial charge in [0.05, 0.1) is 19.8 Å². The Morgan fingerprint density at radius 1 is 1.26 bits per heavy atom. The van der Waals surface area contributed by atoms with Gasteiger partial charge in [-0.1, -0.05) is 11.6 Å². The third-order valence-corrected chi connectivity index (χ3v) is 3.55. The quantitative estimate of drug-likeness (QED) is 0.767. The zero-order chi connectivity index (χ0) is 13.5. The van der Waals surface area contributed by atoms with Crippen LogP contribution in [0.5, 0.6) is 0 Å². The number of nitrogens with one attached hydrogen (secondary N) is 2. The number of amides is 1. The van der Waals surface area contributed by atoms with Gasteiger partial charge in [0.15, 0.2) is 0 Å². The van der Waals surface area contributed by atoms with E-state index >= 15 is 0 Å². The Bertz CT molecular complexity index is 402. The smallest absolute Gasteiger partial charge is 0.251 e. The van der Waals surface area contributed by atoms with E-state index in [0.29, 0.717) is 17.1 Å². The van der Waals surface area contributed by atoms with Crippen molar-refractivity contribution >= 4 is 17.5 Å². The molecule has 0 bridgehead atoms. The van der Waals surface area contributed by atoms with Gasteiger partial charge in [-0.15, -0.1) is 0 Å². The highest BCUT2D eigenvalue weighted by atomic mass is 35.5. The maximum Gasteiger partial charge on any atom is 0.251 e. The summed E-state index contributed by atoms with van der Waals surface area (Å²) in [6, 6.07) is 6.94. The summed E-state index contributed by atoms with van der Waals surface area (Å²) in [5.41, 5.74) is 0.656. The van der Waals surface area contributed by atoms with E-state index in [4.69, 9.17) is 16.3 Å². The van der Waals surface area contributed by atoms with Crippen molar-refractivity contribution < 1.29 is 14.4 Å². The summed E-state index contributed by atoms with van der Waals surface area (Å²) in [6.07, 6.45) is 0.995. The van der Waals surface area contributed by atoms with Gasteiger partial charge in [-0.25, -0.2) is 0 Å². The highest BCUT2D eigenvalue weighted by Crippen LogP contribution is 2.09. The van der Waals surface area contributed by atoms with Crippen molar-refractivity contribution in [3.8, 4) is 0 Å². The molecule has 1 aromatic rings. The molecule has 4 nitrogen and oxygen atoms in total. The van der Waals surface area contributed by atoms with Gasteiger partial charge in [-0.05, 0) is 24.3 Å². The Kier molecular flexibility index (Phi) is 5.63. The number of hydrogen-bond donors (Lipinski definition) is 2. The molecule has 1 saturated heterocycles. The highest BCUT2D eigenvalue weighted by molar-refractivity contribution is 6.30. The molecule has 104 valence electrons. The summed E-state index contributed by atoms with van der Waals surface area (Å²) in [6.45, 7) is 5.66. The number of halogens is 1. The van der Waals surface area contributed by atoms with Crippen LogP contribution in [0.3, 0.4) is 0 Å². The van der Waals surface area contributed by atoms with Crippen molar-refractivity contribution in [3.05, 3.63) is 34.9 Å². The lowest BCUT2D eigenvalue weighted by molar-refractivity contribution is -0.908. The van der Waals surface area contributed by atoms with Gasteiger partial charge in [-0.2, -0.15) is 0 Å². The lowest BCUT2D eigenvalue weighted by Gasteiger charge is -2.23. The van der Waals surface area contributed by atoms with Crippen molar-refractivity contribution in [1.82, 2.24) is 5.32 Å². The average Bonchev–Trinajstić information content (AvgIpc) is 2.45. The molecule has 1 fully saturated rings. The molecular formula is C14H20ClN2O2+. The summed E-state index contributed by atoms with van der Waals surface area (Å²) < 4.78 is 5.31. The Hall–Kier alpha value is -1.10. The lowest BCUT2D eigenvalue weighted by atomic mass is 10.2. The molecule has 0 radical (unpaired) electrons. The zero-order valence-corrected chi connectivity index (χ0v) is 11.7. The molecule has 1 aromatic carbocycles. The molecule has 2 N–H and O–H groups in total. The van der Waals surface area contributed by atoms with Crippen LogP contribution in [0.25, 0.3) is 0 Å². The number of carbonyl (C=O) groups is 1. The predicted octanol–water partition coefficient (Wildman–Crippen LogP) is 0.375. The summed E-state index contributed by atoms with van der Waals surface area (Å²) in [4.78, 5) is 13.4. The Morgan fingerprint density at radius 2 is 1.95 bits per heavy atom. The SMILES string of the molecule is O=C(NCCC[NH+]1CCOCC1)c1ccc(Cl)cc1. The fourth-order valence-electron chi connectivity index (χ4n) is 2.15. The topological polar surface area (TPSA) is 42.8 Å². The first kappa shape index (κ1) is 14.3. The molecule has 0 unspecified atom stereocenters. The molecule has 0 aromatic heterocycles. The number of carbonyl (C=O) groups excluding carboxylic acids is 1. The van der Waals surface area contributed by atoms with E-state index in [-0.39, 0.29) is 5.91 Å². The van der Waals surface area contributed by atoms with E-state index in [2.05, 4.69) is 5.32 Å². The molecule has 5 heteroatoms.